The van der Waals surface area contributed by atoms with Crippen molar-refractivity contribution >= 4 is 17.7 Å². The SMILES string of the molecule is CC(C)OCCNC(=O)CSc1n[nH]c(=O)[nH]c1=O. The van der Waals surface area contributed by atoms with Crippen molar-refractivity contribution in [3.63, 3.8) is 0 Å². The van der Waals surface area contributed by atoms with Crippen LogP contribution in [0.3, 0.4) is 0 Å². The molecule has 0 bridgehead atoms. The van der Waals surface area contributed by atoms with Gasteiger partial charge in [-0.15, -0.1) is 0 Å². The van der Waals surface area contributed by atoms with Gasteiger partial charge in [0.1, 0.15) is 0 Å². The Kier molecular flexibility index (Phi) is 6.30. The molecule has 0 aliphatic heterocycles. The number of nitrogens with zero attached hydrogens (tertiary/aromatic N) is 1. The van der Waals surface area contributed by atoms with Gasteiger partial charge in [-0.1, -0.05) is 11.8 Å². The molecule has 1 rings (SSSR count). The second-order valence-electron chi connectivity index (χ2n) is 3.87. The number of ether oxygens (including phenoxy) is 1. The first kappa shape index (κ1) is 15.4. The molecule has 1 heterocycles. The summed E-state index contributed by atoms with van der Waals surface area (Å²) in [4.78, 5) is 35.5. The van der Waals surface area contributed by atoms with Crippen LogP contribution in [-0.2, 0) is 9.53 Å². The van der Waals surface area contributed by atoms with Gasteiger partial charge in [0, 0.05) is 6.54 Å². The van der Waals surface area contributed by atoms with Crippen LogP contribution in [0.15, 0.2) is 14.6 Å². The first-order valence-corrected chi connectivity index (χ1v) is 6.67. The van der Waals surface area contributed by atoms with E-state index in [4.69, 9.17) is 4.74 Å². The number of carbonyl (C=O) groups is 1. The lowest BCUT2D eigenvalue weighted by molar-refractivity contribution is -0.118. The van der Waals surface area contributed by atoms with E-state index in [9.17, 15) is 14.4 Å². The Hall–Kier alpha value is -1.61. The standard InChI is InChI=1S/C10H16N4O4S/c1-6(2)18-4-3-11-7(15)5-19-9-8(16)12-10(17)14-13-9/h6H,3-5H2,1-2H3,(H,11,15)(H2,12,14,16,17). The van der Waals surface area contributed by atoms with Crippen molar-refractivity contribution in [3.8, 4) is 0 Å². The minimum absolute atomic E-state index is 0.0454. The number of hydrogen-bond acceptors (Lipinski definition) is 6. The van der Waals surface area contributed by atoms with Crippen LogP contribution in [-0.4, -0.2) is 46.1 Å². The van der Waals surface area contributed by atoms with Gasteiger partial charge in [0.15, 0.2) is 5.03 Å². The molecule has 0 aliphatic carbocycles. The van der Waals surface area contributed by atoms with Crippen LogP contribution in [0.2, 0.25) is 0 Å². The average molecular weight is 288 g/mol. The Balaban J connectivity index is 2.30. The maximum atomic E-state index is 11.4. The highest BCUT2D eigenvalue weighted by molar-refractivity contribution is 7.99. The molecule has 9 heteroatoms. The summed E-state index contributed by atoms with van der Waals surface area (Å²) in [5.74, 6) is -0.186. The lowest BCUT2D eigenvalue weighted by atomic mass is 10.5. The molecule has 106 valence electrons. The summed E-state index contributed by atoms with van der Waals surface area (Å²) in [5, 5.41) is 8.33. The minimum Gasteiger partial charge on any atom is -0.377 e. The second-order valence-corrected chi connectivity index (χ2v) is 4.83. The van der Waals surface area contributed by atoms with Crippen LogP contribution in [0.5, 0.6) is 0 Å². The van der Waals surface area contributed by atoms with Crippen molar-refractivity contribution in [3.05, 3.63) is 20.8 Å². The van der Waals surface area contributed by atoms with Crippen LogP contribution in [0.25, 0.3) is 0 Å². The molecule has 1 aromatic heterocycles. The van der Waals surface area contributed by atoms with Gasteiger partial charge in [-0.3, -0.25) is 14.6 Å². The third-order valence-electron chi connectivity index (χ3n) is 1.90. The average Bonchev–Trinajstić information content (AvgIpc) is 2.33. The third kappa shape index (κ3) is 6.20. The van der Waals surface area contributed by atoms with Crippen molar-refractivity contribution in [2.45, 2.75) is 25.0 Å². The third-order valence-corrected chi connectivity index (χ3v) is 2.85. The molecule has 0 atom stereocenters. The summed E-state index contributed by atoms with van der Waals surface area (Å²) in [5.41, 5.74) is -1.28. The van der Waals surface area contributed by atoms with Crippen LogP contribution >= 0.6 is 11.8 Å². The minimum atomic E-state index is -0.676. The molecule has 0 radical (unpaired) electrons. The number of H-pyrrole nitrogens is 2. The molecule has 8 nitrogen and oxygen atoms in total. The number of carbonyl (C=O) groups excluding carboxylic acids is 1. The van der Waals surface area contributed by atoms with Crippen LogP contribution in [0.1, 0.15) is 13.8 Å². The molecule has 3 N–H and O–H groups in total. The Morgan fingerprint density at radius 3 is 2.84 bits per heavy atom. The van der Waals surface area contributed by atoms with E-state index in [1.54, 1.807) is 0 Å². The zero-order valence-corrected chi connectivity index (χ0v) is 11.5. The van der Waals surface area contributed by atoms with E-state index in [-0.39, 0.29) is 22.8 Å². The summed E-state index contributed by atoms with van der Waals surface area (Å²) >= 11 is 0.950. The molecular weight excluding hydrogens is 272 g/mol. The van der Waals surface area contributed by atoms with Crippen LogP contribution < -0.4 is 16.6 Å². The summed E-state index contributed by atoms with van der Waals surface area (Å²) in [6.45, 7) is 4.66. The summed E-state index contributed by atoms with van der Waals surface area (Å²) in [6, 6.07) is 0. The normalized spacial score (nSPS) is 10.7. The first-order valence-electron chi connectivity index (χ1n) is 5.69. The van der Waals surface area contributed by atoms with Crippen molar-refractivity contribution in [1.29, 1.82) is 0 Å². The number of rotatable bonds is 7. The highest BCUT2D eigenvalue weighted by Gasteiger charge is 2.07. The summed E-state index contributed by atoms with van der Waals surface area (Å²) in [7, 11) is 0. The van der Waals surface area contributed by atoms with Crippen molar-refractivity contribution in [2.75, 3.05) is 18.9 Å². The van der Waals surface area contributed by atoms with E-state index < -0.39 is 11.2 Å². The zero-order chi connectivity index (χ0) is 14.3. The van der Waals surface area contributed by atoms with Gasteiger partial charge in [0.05, 0.1) is 18.5 Å². The number of aromatic amines is 2. The molecule has 19 heavy (non-hydrogen) atoms. The van der Waals surface area contributed by atoms with Gasteiger partial charge in [-0.05, 0) is 13.8 Å². The molecular formula is C10H16N4O4S. The number of aromatic nitrogens is 3. The summed E-state index contributed by atoms with van der Waals surface area (Å²) in [6.07, 6.45) is 0.121. The molecule has 0 unspecified atom stereocenters. The Labute approximate surface area is 113 Å². The zero-order valence-electron chi connectivity index (χ0n) is 10.7. The molecule has 0 spiro atoms. The van der Waals surface area contributed by atoms with E-state index in [0.717, 1.165) is 11.8 Å². The Bertz CT molecular complexity index is 525. The fourth-order valence-corrected chi connectivity index (χ4v) is 1.77. The van der Waals surface area contributed by atoms with E-state index >= 15 is 0 Å². The predicted molar refractivity (Wildman–Crippen MR) is 70.3 cm³/mol. The topological polar surface area (TPSA) is 117 Å². The van der Waals surface area contributed by atoms with Crippen LogP contribution in [0.4, 0.5) is 0 Å². The highest BCUT2D eigenvalue weighted by Crippen LogP contribution is 2.06. The number of nitrogens with one attached hydrogen (secondary N) is 3. The largest absolute Gasteiger partial charge is 0.377 e. The lowest BCUT2D eigenvalue weighted by Gasteiger charge is -2.08. The monoisotopic (exact) mass is 288 g/mol. The van der Waals surface area contributed by atoms with E-state index in [0.29, 0.717) is 13.2 Å². The molecule has 1 amide bonds. The molecule has 0 aromatic carbocycles. The molecule has 0 saturated carbocycles. The fourth-order valence-electron chi connectivity index (χ4n) is 1.10. The van der Waals surface area contributed by atoms with Gasteiger partial charge in [-0.2, -0.15) is 5.10 Å². The smallest absolute Gasteiger partial charge is 0.342 e. The predicted octanol–water partition coefficient (Wildman–Crippen LogP) is -0.908. The molecule has 0 saturated heterocycles. The molecule has 1 aromatic rings. The maximum absolute atomic E-state index is 11.4. The summed E-state index contributed by atoms with van der Waals surface area (Å²) < 4.78 is 5.26. The van der Waals surface area contributed by atoms with Gasteiger partial charge >= 0.3 is 5.69 Å². The van der Waals surface area contributed by atoms with Crippen molar-refractivity contribution in [2.24, 2.45) is 0 Å². The molecule has 0 aliphatic rings. The van der Waals surface area contributed by atoms with Gasteiger partial charge in [0.25, 0.3) is 5.56 Å². The number of amides is 1. The second kappa shape index (κ2) is 7.74. The van der Waals surface area contributed by atoms with Gasteiger partial charge in [0.2, 0.25) is 5.91 Å². The Morgan fingerprint density at radius 2 is 2.21 bits per heavy atom. The van der Waals surface area contributed by atoms with Gasteiger partial charge in [-0.25, -0.2) is 9.89 Å². The first-order chi connectivity index (χ1) is 8.99. The highest BCUT2D eigenvalue weighted by atomic mass is 32.2. The Morgan fingerprint density at radius 1 is 1.47 bits per heavy atom. The number of thioether (sulfide) groups is 1. The van der Waals surface area contributed by atoms with Crippen LogP contribution in [0, 0.1) is 0 Å². The lowest BCUT2D eigenvalue weighted by Crippen LogP contribution is -2.30. The quantitative estimate of drug-likeness (QED) is 0.442. The van der Waals surface area contributed by atoms with E-state index in [2.05, 4.69) is 15.5 Å². The fraction of sp³-hybridized carbons (Fsp3) is 0.600. The van der Waals surface area contributed by atoms with E-state index in [1.807, 2.05) is 18.8 Å². The van der Waals surface area contributed by atoms with E-state index in [1.165, 1.54) is 0 Å². The maximum Gasteiger partial charge on any atom is 0.342 e. The number of hydrogen-bond donors (Lipinski definition) is 3. The van der Waals surface area contributed by atoms with Crippen molar-refractivity contribution in [1.82, 2.24) is 20.5 Å². The van der Waals surface area contributed by atoms with Gasteiger partial charge < -0.3 is 10.1 Å². The van der Waals surface area contributed by atoms with Crippen molar-refractivity contribution < 1.29 is 9.53 Å². The molecule has 0 fully saturated rings.